The average molecular weight is 349 g/mol. The summed E-state index contributed by atoms with van der Waals surface area (Å²) in [5.41, 5.74) is -0.536. The van der Waals surface area contributed by atoms with Gasteiger partial charge in [-0.25, -0.2) is 13.2 Å². The van der Waals surface area contributed by atoms with E-state index in [1.165, 1.54) is 6.26 Å². The summed E-state index contributed by atoms with van der Waals surface area (Å²) in [6.45, 7) is 10.0. The van der Waals surface area contributed by atoms with E-state index in [4.69, 9.17) is 4.74 Å². The van der Waals surface area contributed by atoms with Crippen molar-refractivity contribution in [2.75, 3.05) is 12.8 Å². The standard InChI is InChI=1S/C16H32N2O4S/c1-11(2)13(18-15(19)22-16(3,4)5)10-17-12-8-7-9-14(12)23(6,20)21/h11-14,17H,7-10H2,1-6H3,(H,18,19). The molecule has 1 aliphatic carbocycles. The largest absolute Gasteiger partial charge is 0.444 e. The Labute approximate surface area is 140 Å². The predicted molar refractivity (Wildman–Crippen MR) is 92.3 cm³/mol. The molecule has 0 aromatic heterocycles. The molecule has 3 atom stereocenters. The molecule has 0 aliphatic heterocycles. The van der Waals surface area contributed by atoms with Crippen molar-refractivity contribution in [2.24, 2.45) is 5.92 Å². The highest BCUT2D eigenvalue weighted by Gasteiger charge is 2.35. The van der Waals surface area contributed by atoms with E-state index in [2.05, 4.69) is 10.6 Å². The Hall–Kier alpha value is -0.820. The van der Waals surface area contributed by atoms with Gasteiger partial charge in [-0.05, 0) is 39.5 Å². The molecule has 1 fully saturated rings. The highest BCUT2D eigenvalue weighted by Crippen LogP contribution is 2.25. The van der Waals surface area contributed by atoms with E-state index >= 15 is 0 Å². The zero-order chi connectivity index (χ0) is 17.8. The number of nitrogens with one attached hydrogen (secondary N) is 2. The van der Waals surface area contributed by atoms with E-state index in [-0.39, 0.29) is 23.3 Å². The van der Waals surface area contributed by atoms with Crippen LogP contribution in [0.4, 0.5) is 4.79 Å². The number of carbonyl (C=O) groups excluding carboxylic acids is 1. The molecule has 0 heterocycles. The maximum Gasteiger partial charge on any atom is 0.407 e. The molecule has 7 heteroatoms. The highest BCUT2D eigenvalue weighted by molar-refractivity contribution is 7.91. The van der Waals surface area contributed by atoms with Crippen molar-refractivity contribution in [1.82, 2.24) is 10.6 Å². The van der Waals surface area contributed by atoms with Gasteiger partial charge in [0, 0.05) is 24.9 Å². The van der Waals surface area contributed by atoms with Crippen LogP contribution in [0.3, 0.4) is 0 Å². The van der Waals surface area contributed by atoms with Crippen molar-refractivity contribution >= 4 is 15.9 Å². The number of hydrogen-bond donors (Lipinski definition) is 2. The van der Waals surface area contributed by atoms with Gasteiger partial charge in [0.15, 0.2) is 9.84 Å². The first-order valence-electron chi connectivity index (χ1n) is 8.32. The molecule has 3 unspecified atom stereocenters. The van der Waals surface area contributed by atoms with Crippen molar-refractivity contribution in [1.29, 1.82) is 0 Å². The molecule has 0 aromatic rings. The third-order valence-electron chi connectivity index (χ3n) is 4.11. The quantitative estimate of drug-likeness (QED) is 0.768. The third kappa shape index (κ3) is 7.08. The molecule has 0 bridgehead atoms. The fourth-order valence-electron chi connectivity index (χ4n) is 2.86. The van der Waals surface area contributed by atoms with Crippen LogP contribution in [0.15, 0.2) is 0 Å². The molecule has 6 nitrogen and oxygen atoms in total. The van der Waals surface area contributed by atoms with Gasteiger partial charge in [-0.1, -0.05) is 20.3 Å². The molecule has 0 aromatic carbocycles. The van der Waals surface area contributed by atoms with Gasteiger partial charge in [0.25, 0.3) is 0 Å². The molecule has 1 saturated carbocycles. The average Bonchev–Trinajstić information content (AvgIpc) is 2.79. The van der Waals surface area contributed by atoms with Crippen LogP contribution in [0, 0.1) is 5.92 Å². The molecular weight excluding hydrogens is 316 g/mol. The van der Waals surface area contributed by atoms with E-state index in [1.54, 1.807) is 0 Å². The molecule has 1 aliphatic rings. The van der Waals surface area contributed by atoms with Crippen LogP contribution in [0.25, 0.3) is 0 Å². The van der Waals surface area contributed by atoms with Crippen LogP contribution in [0.5, 0.6) is 0 Å². The zero-order valence-electron chi connectivity index (χ0n) is 15.2. The van der Waals surface area contributed by atoms with E-state index in [0.717, 1.165) is 12.8 Å². The highest BCUT2D eigenvalue weighted by atomic mass is 32.2. The molecule has 0 spiro atoms. The summed E-state index contributed by atoms with van der Waals surface area (Å²) < 4.78 is 28.9. The molecule has 1 amide bonds. The van der Waals surface area contributed by atoms with Gasteiger partial charge in [0.05, 0.1) is 5.25 Å². The van der Waals surface area contributed by atoms with Crippen molar-refractivity contribution in [2.45, 2.75) is 76.8 Å². The van der Waals surface area contributed by atoms with Gasteiger partial charge in [0.1, 0.15) is 5.60 Å². The van der Waals surface area contributed by atoms with E-state index in [9.17, 15) is 13.2 Å². The summed E-state index contributed by atoms with van der Waals surface area (Å²) in [7, 11) is -3.04. The van der Waals surface area contributed by atoms with Crippen molar-refractivity contribution in [3.63, 3.8) is 0 Å². The Morgan fingerprint density at radius 1 is 1.26 bits per heavy atom. The first-order valence-corrected chi connectivity index (χ1v) is 10.3. The number of carbonyl (C=O) groups is 1. The van der Waals surface area contributed by atoms with Gasteiger partial charge < -0.3 is 15.4 Å². The lowest BCUT2D eigenvalue weighted by Crippen LogP contribution is -2.50. The van der Waals surface area contributed by atoms with Crippen LogP contribution in [-0.4, -0.2) is 50.2 Å². The minimum absolute atomic E-state index is 0.0355. The van der Waals surface area contributed by atoms with E-state index < -0.39 is 21.5 Å². The Balaban J connectivity index is 2.58. The van der Waals surface area contributed by atoms with Gasteiger partial charge >= 0.3 is 6.09 Å². The number of hydrogen-bond acceptors (Lipinski definition) is 5. The first-order chi connectivity index (χ1) is 10.4. The topological polar surface area (TPSA) is 84.5 Å². The Kier molecular flexibility index (Phi) is 6.89. The molecule has 0 radical (unpaired) electrons. The number of sulfone groups is 1. The van der Waals surface area contributed by atoms with Gasteiger partial charge in [-0.2, -0.15) is 0 Å². The summed E-state index contributed by atoms with van der Waals surface area (Å²) in [6, 6.07) is -0.141. The van der Waals surface area contributed by atoms with Crippen molar-refractivity contribution in [3.8, 4) is 0 Å². The summed E-state index contributed by atoms with van der Waals surface area (Å²) in [5, 5.41) is 5.89. The minimum Gasteiger partial charge on any atom is -0.444 e. The maximum atomic E-state index is 11.9. The molecule has 0 saturated heterocycles. The van der Waals surface area contributed by atoms with E-state index in [0.29, 0.717) is 13.0 Å². The Morgan fingerprint density at radius 2 is 1.87 bits per heavy atom. The van der Waals surface area contributed by atoms with Crippen LogP contribution >= 0.6 is 0 Å². The molecule has 2 N–H and O–H groups in total. The summed E-state index contributed by atoms with van der Waals surface area (Å²) in [6.07, 6.45) is 3.35. The zero-order valence-corrected chi connectivity index (χ0v) is 16.0. The Morgan fingerprint density at radius 3 is 2.35 bits per heavy atom. The van der Waals surface area contributed by atoms with Gasteiger partial charge in [-0.15, -0.1) is 0 Å². The molecule has 136 valence electrons. The molecular formula is C16H32N2O4S. The SMILES string of the molecule is CC(C)C(CNC1CCCC1S(C)(=O)=O)NC(=O)OC(C)(C)C. The monoisotopic (exact) mass is 348 g/mol. The third-order valence-corrected chi connectivity index (χ3v) is 5.77. The number of rotatable bonds is 6. The maximum absolute atomic E-state index is 11.9. The summed E-state index contributed by atoms with van der Waals surface area (Å²) in [5.74, 6) is 0.216. The molecule has 1 rings (SSSR count). The van der Waals surface area contributed by atoms with Crippen LogP contribution in [-0.2, 0) is 14.6 Å². The second-order valence-electron chi connectivity index (χ2n) is 7.81. The fourth-order valence-corrected chi connectivity index (χ4v) is 4.29. The van der Waals surface area contributed by atoms with Gasteiger partial charge in [0.2, 0.25) is 0 Å². The predicted octanol–water partition coefficient (Wildman–Crippen LogP) is 2.09. The fraction of sp³-hybridized carbons (Fsp3) is 0.938. The minimum atomic E-state index is -3.04. The van der Waals surface area contributed by atoms with Crippen LogP contribution < -0.4 is 10.6 Å². The van der Waals surface area contributed by atoms with E-state index in [1.807, 2.05) is 34.6 Å². The smallest absolute Gasteiger partial charge is 0.407 e. The number of ether oxygens (including phenoxy) is 1. The lowest BCUT2D eigenvalue weighted by molar-refractivity contribution is 0.0489. The van der Waals surface area contributed by atoms with Crippen molar-refractivity contribution in [3.05, 3.63) is 0 Å². The van der Waals surface area contributed by atoms with Crippen LogP contribution in [0.1, 0.15) is 53.9 Å². The number of alkyl carbamates (subject to hydrolysis) is 1. The summed E-state index contributed by atoms with van der Waals surface area (Å²) in [4.78, 5) is 11.9. The number of amides is 1. The normalized spacial score (nSPS) is 23.8. The lowest BCUT2D eigenvalue weighted by atomic mass is 10.0. The Bertz CT molecular complexity index is 497. The second-order valence-corrected chi connectivity index (χ2v) is 10.1. The van der Waals surface area contributed by atoms with Crippen LogP contribution in [0.2, 0.25) is 0 Å². The first kappa shape index (κ1) is 20.2. The lowest BCUT2D eigenvalue weighted by Gasteiger charge is -2.28. The van der Waals surface area contributed by atoms with Gasteiger partial charge in [-0.3, -0.25) is 0 Å². The molecule has 23 heavy (non-hydrogen) atoms. The summed E-state index contributed by atoms with van der Waals surface area (Å²) >= 11 is 0. The second kappa shape index (κ2) is 7.83. The van der Waals surface area contributed by atoms with Crippen molar-refractivity contribution < 1.29 is 17.9 Å².